The SMILES string of the molecule is C=CCC(C=C)ON(CC)CC. The van der Waals surface area contributed by atoms with Gasteiger partial charge in [0.15, 0.2) is 0 Å². The summed E-state index contributed by atoms with van der Waals surface area (Å²) in [5.41, 5.74) is 0. The van der Waals surface area contributed by atoms with E-state index in [4.69, 9.17) is 4.84 Å². The highest BCUT2D eigenvalue weighted by molar-refractivity contribution is 4.85. The summed E-state index contributed by atoms with van der Waals surface area (Å²) in [7, 11) is 0. The van der Waals surface area contributed by atoms with Crippen molar-refractivity contribution in [2.24, 2.45) is 0 Å². The highest BCUT2D eigenvalue weighted by atomic mass is 16.7. The van der Waals surface area contributed by atoms with Crippen LogP contribution in [0.4, 0.5) is 0 Å². The molecule has 0 aliphatic carbocycles. The van der Waals surface area contributed by atoms with E-state index in [2.05, 4.69) is 27.0 Å². The lowest BCUT2D eigenvalue weighted by molar-refractivity contribution is -0.177. The van der Waals surface area contributed by atoms with Crippen molar-refractivity contribution in [3.63, 3.8) is 0 Å². The zero-order valence-corrected chi connectivity index (χ0v) is 8.12. The number of nitrogens with zero attached hydrogens (tertiary/aromatic N) is 1. The normalized spacial score (nSPS) is 12.9. The average molecular weight is 169 g/mol. The maximum atomic E-state index is 5.58. The zero-order valence-electron chi connectivity index (χ0n) is 8.12. The molecular weight excluding hydrogens is 150 g/mol. The largest absolute Gasteiger partial charge is 0.291 e. The molecule has 0 bridgehead atoms. The summed E-state index contributed by atoms with van der Waals surface area (Å²) in [5.74, 6) is 0. The number of hydrogen-bond donors (Lipinski definition) is 0. The fourth-order valence-electron chi connectivity index (χ4n) is 0.911. The molecule has 0 saturated heterocycles. The Bertz CT molecular complexity index is 130. The second-order valence-corrected chi connectivity index (χ2v) is 2.52. The van der Waals surface area contributed by atoms with Gasteiger partial charge in [-0.2, -0.15) is 5.06 Å². The van der Waals surface area contributed by atoms with Crippen molar-refractivity contribution in [2.45, 2.75) is 26.4 Å². The van der Waals surface area contributed by atoms with Crippen LogP contribution < -0.4 is 0 Å². The van der Waals surface area contributed by atoms with E-state index in [9.17, 15) is 0 Å². The molecule has 0 aromatic rings. The van der Waals surface area contributed by atoms with E-state index in [1.165, 1.54) is 0 Å². The van der Waals surface area contributed by atoms with Crippen molar-refractivity contribution in [3.8, 4) is 0 Å². The van der Waals surface area contributed by atoms with Gasteiger partial charge in [-0.25, -0.2) is 0 Å². The van der Waals surface area contributed by atoms with Gasteiger partial charge in [0.2, 0.25) is 0 Å². The fourth-order valence-corrected chi connectivity index (χ4v) is 0.911. The molecule has 0 aromatic heterocycles. The highest BCUT2D eigenvalue weighted by Gasteiger charge is 2.06. The lowest BCUT2D eigenvalue weighted by atomic mass is 10.2. The van der Waals surface area contributed by atoms with Crippen LogP contribution in [-0.4, -0.2) is 24.3 Å². The molecule has 70 valence electrons. The Hall–Kier alpha value is -0.600. The first kappa shape index (κ1) is 11.4. The lowest BCUT2D eigenvalue weighted by Gasteiger charge is -2.22. The summed E-state index contributed by atoms with van der Waals surface area (Å²) >= 11 is 0. The Morgan fingerprint density at radius 3 is 2.25 bits per heavy atom. The van der Waals surface area contributed by atoms with Crippen molar-refractivity contribution in [3.05, 3.63) is 25.3 Å². The van der Waals surface area contributed by atoms with Crippen LogP contribution in [0.25, 0.3) is 0 Å². The number of rotatable bonds is 7. The Morgan fingerprint density at radius 2 is 1.92 bits per heavy atom. The topological polar surface area (TPSA) is 12.5 Å². The molecule has 0 aliphatic rings. The summed E-state index contributed by atoms with van der Waals surface area (Å²) in [6, 6.07) is 0. The van der Waals surface area contributed by atoms with E-state index in [1.807, 2.05) is 11.1 Å². The van der Waals surface area contributed by atoms with Crippen LogP contribution in [0.3, 0.4) is 0 Å². The minimum atomic E-state index is 0.0717. The Balaban J connectivity index is 3.80. The molecular formula is C10H19NO. The fraction of sp³-hybridized carbons (Fsp3) is 0.600. The average Bonchev–Trinajstić information content (AvgIpc) is 2.12. The van der Waals surface area contributed by atoms with Crippen molar-refractivity contribution in [2.75, 3.05) is 13.1 Å². The van der Waals surface area contributed by atoms with Crippen molar-refractivity contribution < 1.29 is 4.84 Å². The van der Waals surface area contributed by atoms with Gasteiger partial charge in [0.1, 0.15) is 6.10 Å². The summed E-state index contributed by atoms with van der Waals surface area (Å²) in [6.45, 7) is 13.3. The molecule has 0 radical (unpaired) electrons. The summed E-state index contributed by atoms with van der Waals surface area (Å²) in [5, 5.41) is 1.91. The molecule has 1 atom stereocenters. The molecule has 0 amide bonds. The monoisotopic (exact) mass is 169 g/mol. The molecule has 0 aromatic carbocycles. The van der Waals surface area contributed by atoms with E-state index >= 15 is 0 Å². The zero-order chi connectivity index (χ0) is 9.40. The van der Waals surface area contributed by atoms with Gasteiger partial charge in [-0.15, -0.1) is 13.2 Å². The predicted molar refractivity (Wildman–Crippen MR) is 52.8 cm³/mol. The molecule has 2 heteroatoms. The quantitative estimate of drug-likeness (QED) is 0.428. The molecule has 1 unspecified atom stereocenters. The molecule has 12 heavy (non-hydrogen) atoms. The van der Waals surface area contributed by atoms with Gasteiger partial charge in [-0.3, -0.25) is 4.84 Å². The second-order valence-electron chi connectivity index (χ2n) is 2.52. The molecule has 0 rings (SSSR count). The molecule has 2 nitrogen and oxygen atoms in total. The molecule has 0 fully saturated rings. The first-order chi connectivity index (χ1) is 5.78. The predicted octanol–water partition coefficient (Wildman–Crippen LogP) is 2.39. The van der Waals surface area contributed by atoms with Gasteiger partial charge in [0, 0.05) is 13.1 Å². The third-order valence-electron chi connectivity index (χ3n) is 1.65. The Labute approximate surface area is 75.5 Å². The van der Waals surface area contributed by atoms with E-state index < -0.39 is 0 Å². The molecule has 0 heterocycles. The minimum absolute atomic E-state index is 0.0717. The van der Waals surface area contributed by atoms with Gasteiger partial charge in [0.05, 0.1) is 0 Å². The summed E-state index contributed by atoms with van der Waals surface area (Å²) in [4.78, 5) is 5.58. The van der Waals surface area contributed by atoms with Crippen LogP contribution in [0.2, 0.25) is 0 Å². The van der Waals surface area contributed by atoms with Crippen molar-refractivity contribution >= 4 is 0 Å². The van der Waals surface area contributed by atoms with Crippen molar-refractivity contribution in [1.82, 2.24) is 5.06 Å². The maximum Gasteiger partial charge on any atom is 0.101 e. The van der Waals surface area contributed by atoms with Crippen LogP contribution in [0.1, 0.15) is 20.3 Å². The highest BCUT2D eigenvalue weighted by Crippen LogP contribution is 2.03. The minimum Gasteiger partial charge on any atom is -0.291 e. The lowest BCUT2D eigenvalue weighted by Crippen LogP contribution is -2.28. The molecule has 0 N–H and O–H groups in total. The van der Waals surface area contributed by atoms with Gasteiger partial charge in [-0.1, -0.05) is 26.0 Å². The van der Waals surface area contributed by atoms with Crippen LogP contribution in [0.5, 0.6) is 0 Å². The molecule has 0 saturated carbocycles. The smallest absolute Gasteiger partial charge is 0.101 e. The molecule has 0 spiro atoms. The maximum absolute atomic E-state index is 5.58. The number of hydrogen-bond acceptors (Lipinski definition) is 2. The Morgan fingerprint density at radius 1 is 1.33 bits per heavy atom. The third kappa shape index (κ3) is 4.31. The van der Waals surface area contributed by atoms with Gasteiger partial charge in [-0.05, 0) is 6.42 Å². The number of hydroxylamine groups is 2. The van der Waals surface area contributed by atoms with Crippen LogP contribution in [-0.2, 0) is 4.84 Å². The summed E-state index contributed by atoms with van der Waals surface area (Å²) in [6.07, 6.45) is 4.54. The van der Waals surface area contributed by atoms with Crippen LogP contribution >= 0.6 is 0 Å². The van der Waals surface area contributed by atoms with Gasteiger partial charge in [0.25, 0.3) is 0 Å². The molecule has 0 aliphatic heterocycles. The Kier molecular flexibility index (Phi) is 6.72. The van der Waals surface area contributed by atoms with Gasteiger partial charge < -0.3 is 0 Å². The van der Waals surface area contributed by atoms with Crippen LogP contribution in [0.15, 0.2) is 25.3 Å². The van der Waals surface area contributed by atoms with E-state index in [1.54, 1.807) is 6.08 Å². The third-order valence-corrected chi connectivity index (χ3v) is 1.65. The van der Waals surface area contributed by atoms with E-state index in [0.29, 0.717) is 0 Å². The standard InChI is InChI=1S/C10H19NO/c1-5-9-10(6-2)12-11(7-3)8-4/h5-6,10H,1-2,7-9H2,3-4H3. The van der Waals surface area contributed by atoms with E-state index in [-0.39, 0.29) is 6.10 Å². The second kappa shape index (κ2) is 7.07. The first-order valence-corrected chi connectivity index (χ1v) is 4.43. The van der Waals surface area contributed by atoms with Gasteiger partial charge >= 0.3 is 0 Å². The first-order valence-electron chi connectivity index (χ1n) is 4.43. The van der Waals surface area contributed by atoms with Crippen LogP contribution in [0, 0.1) is 0 Å². The summed E-state index contributed by atoms with van der Waals surface area (Å²) < 4.78 is 0. The van der Waals surface area contributed by atoms with Crippen molar-refractivity contribution in [1.29, 1.82) is 0 Å². The van der Waals surface area contributed by atoms with E-state index in [0.717, 1.165) is 19.5 Å².